The summed E-state index contributed by atoms with van der Waals surface area (Å²) in [6.07, 6.45) is 3.92. The minimum atomic E-state index is -1.41. The number of fused-ring (bicyclic) bond motifs is 6. The number of hydrogen-bond acceptors (Lipinski definition) is 7. The number of ketones is 2. The van der Waals surface area contributed by atoms with Crippen LogP contribution in [-0.2, 0) is 10.2 Å². The van der Waals surface area contributed by atoms with Crippen LogP contribution in [0.3, 0.4) is 0 Å². The van der Waals surface area contributed by atoms with Crippen LogP contribution in [0.5, 0.6) is 17.2 Å². The molecule has 0 bridgehead atoms. The molecule has 0 radical (unpaired) electrons. The molecule has 1 fully saturated rings. The first-order valence-corrected chi connectivity index (χ1v) is 15.2. The number of methoxy groups -OCH3 is 3. The van der Waals surface area contributed by atoms with Crippen molar-refractivity contribution in [1.82, 2.24) is 0 Å². The Balaban J connectivity index is 1.53. The van der Waals surface area contributed by atoms with Gasteiger partial charge in [0.2, 0.25) is 11.7 Å². The van der Waals surface area contributed by atoms with E-state index >= 15 is 4.79 Å². The summed E-state index contributed by atoms with van der Waals surface area (Å²) in [6, 6.07) is 23.6. The fourth-order valence-electron chi connectivity index (χ4n) is 7.31. The fourth-order valence-corrected chi connectivity index (χ4v) is 7.57. The highest BCUT2D eigenvalue weighted by Crippen LogP contribution is 2.58. The molecule has 3 aliphatic rings. The summed E-state index contributed by atoms with van der Waals surface area (Å²) in [7, 11) is 4.46. The van der Waals surface area contributed by atoms with Gasteiger partial charge in [-0.2, -0.15) is 0 Å². The van der Waals surface area contributed by atoms with Crippen LogP contribution in [0, 0.1) is 5.92 Å². The van der Waals surface area contributed by atoms with Crippen LogP contribution in [0.25, 0.3) is 6.08 Å². The van der Waals surface area contributed by atoms with Gasteiger partial charge in [-0.25, -0.2) is 0 Å². The van der Waals surface area contributed by atoms with Gasteiger partial charge in [0, 0.05) is 27.0 Å². The predicted octanol–water partition coefficient (Wildman–Crippen LogP) is 6.33. The smallest absolute Gasteiger partial charge is 0.238 e. The molecule has 9 heteroatoms. The molecule has 0 aliphatic carbocycles. The number of halogens is 1. The highest BCUT2D eigenvalue weighted by atomic mass is 79.9. The van der Waals surface area contributed by atoms with Gasteiger partial charge in [0.25, 0.3) is 0 Å². The van der Waals surface area contributed by atoms with Crippen molar-refractivity contribution in [2.75, 3.05) is 31.5 Å². The van der Waals surface area contributed by atoms with Gasteiger partial charge >= 0.3 is 0 Å². The maximum absolute atomic E-state index is 15.1. The molecule has 1 N–H and O–H groups in total. The Bertz CT molecular complexity index is 1880. The molecule has 1 amide bonds. The van der Waals surface area contributed by atoms with E-state index in [9.17, 15) is 9.59 Å². The zero-order valence-electron chi connectivity index (χ0n) is 24.7. The fraction of sp³-hybridized carbons (Fsp3) is 0.194. The zero-order chi connectivity index (χ0) is 31.5. The third-order valence-electron chi connectivity index (χ3n) is 9.17. The van der Waals surface area contributed by atoms with E-state index in [1.54, 1.807) is 36.4 Å². The number of anilines is 2. The van der Waals surface area contributed by atoms with Crippen LogP contribution in [0.1, 0.15) is 31.8 Å². The van der Waals surface area contributed by atoms with E-state index in [0.717, 1.165) is 15.7 Å². The van der Waals surface area contributed by atoms with E-state index in [1.165, 1.54) is 21.3 Å². The number of nitrogens with zero attached hydrogens (tertiary/aromatic N) is 1. The molecule has 7 rings (SSSR count). The third kappa shape index (κ3) is 4.14. The molecule has 0 aromatic heterocycles. The lowest BCUT2D eigenvalue weighted by Gasteiger charge is -2.37. The number of nitrogens with one attached hydrogen (secondary N) is 1. The Morgan fingerprint density at radius 1 is 0.822 bits per heavy atom. The number of carbonyl (C=O) groups excluding carboxylic acids is 3. The molecular formula is C36H29BrN2O6. The van der Waals surface area contributed by atoms with Crippen molar-refractivity contribution in [1.29, 1.82) is 0 Å². The molecule has 3 aliphatic heterocycles. The number of hydrogen-bond donors (Lipinski definition) is 1. The van der Waals surface area contributed by atoms with Gasteiger partial charge in [0.05, 0.1) is 33.3 Å². The summed E-state index contributed by atoms with van der Waals surface area (Å²) in [4.78, 5) is 46.5. The van der Waals surface area contributed by atoms with E-state index in [2.05, 4.69) is 21.2 Å². The van der Waals surface area contributed by atoms with E-state index in [4.69, 9.17) is 14.2 Å². The van der Waals surface area contributed by atoms with Crippen molar-refractivity contribution in [3.63, 3.8) is 0 Å². The first-order chi connectivity index (χ1) is 21.8. The highest BCUT2D eigenvalue weighted by Gasteiger charge is 2.70. The van der Waals surface area contributed by atoms with Gasteiger partial charge in [0.1, 0.15) is 11.5 Å². The molecule has 3 heterocycles. The van der Waals surface area contributed by atoms with E-state index in [-0.39, 0.29) is 23.0 Å². The topological polar surface area (TPSA) is 94.2 Å². The first-order valence-electron chi connectivity index (χ1n) is 14.5. The van der Waals surface area contributed by atoms with Gasteiger partial charge in [-0.1, -0.05) is 76.6 Å². The van der Waals surface area contributed by atoms with E-state index < -0.39 is 23.4 Å². The average Bonchev–Trinajstić information content (AvgIpc) is 3.55. The predicted molar refractivity (Wildman–Crippen MR) is 175 cm³/mol. The lowest BCUT2D eigenvalue weighted by molar-refractivity contribution is -0.121. The standard InChI is InChI=1S/C36H29BrN2O6/c1-43-27-18-22(19-28(44-2)34(27)45-3)33(41)31-30(32(40)21-12-15-23(37)16-13-21)36(24-9-5-6-10-25(24)38-35(36)42)29-17-14-20-8-4-7-11-26(20)39(29)31/h4-19,29-31H,1-3H3,(H,38,42)/t29-,30-,31-,36-/m1/s1. The molecule has 1 spiro atoms. The Morgan fingerprint density at radius 3 is 2.18 bits per heavy atom. The van der Waals surface area contributed by atoms with Crippen LogP contribution in [0.15, 0.2) is 95.5 Å². The third-order valence-corrected chi connectivity index (χ3v) is 9.70. The minimum absolute atomic E-state index is 0.262. The van der Waals surface area contributed by atoms with Gasteiger partial charge < -0.3 is 24.4 Å². The maximum Gasteiger partial charge on any atom is 0.238 e. The van der Waals surface area contributed by atoms with Crippen molar-refractivity contribution in [3.05, 3.63) is 118 Å². The van der Waals surface area contributed by atoms with Crippen LogP contribution >= 0.6 is 15.9 Å². The quantitative estimate of drug-likeness (QED) is 0.231. The normalized spacial score (nSPS) is 22.4. The van der Waals surface area contributed by atoms with Gasteiger partial charge in [-0.3, -0.25) is 14.4 Å². The number of Topliss-reactive ketones (excluding diaryl/α,β-unsaturated/α-hetero) is 2. The second-order valence-corrected chi connectivity index (χ2v) is 12.1. The molecule has 45 heavy (non-hydrogen) atoms. The van der Waals surface area contributed by atoms with Crippen LogP contribution in [0.2, 0.25) is 0 Å². The largest absolute Gasteiger partial charge is 0.493 e. The SMILES string of the molecule is COc1cc(C(=O)[C@H]2[C@H](C(=O)c3ccc(Br)cc3)[C@]3(C(=O)Nc4ccccc43)[C@H]3C=Cc4ccccc4N23)cc(OC)c1OC. The monoisotopic (exact) mass is 664 g/mol. The second kappa shape index (κ2) is 10.9. The molecule has 4 aromatic rings. The van der Waals surface area contributed by atoms with Crippen molar-refractivity contribution < 1.29 is 28.6 Å². The summed E-state index contributed by atoms with van der Waals surface area (Å²) in [5.74, 6) is -1.12. The molecule has 8 nitrogen and oxygen atoms in total. The number of para-hydroxylation sites is 2. The molecule has 4 atom stereocenters. The highest BCUT2D eigenvalue weighted by molar-refractivity contribution is 9.10. The Kier molecular flexibility index (Phi) is 7.00. The molecule has 226 valence electrons. The Morgan fingerprint density at radius 2 is 1.49 bits per heavy atom. The van der Waals surface area contributed by atoms with E-state index in [0.29, 0.717) is 34.1 Å². The summed E-state index contributed by atoms with van der Waals surface area (Å²) in [6.45, 7) is 0. The van der Waals surface area contributed by atoms with Crippen molar-refractivity contribution in [2.24, 2.45) is 5.92 Å². The minimum Gasteiger partial charge on any atom is -0.493 e. The average molecular weight is 666 g/mol. The maximum atomic E-state index is 15.1. The number of amides is 1. The Hall–Kier alpha value is -4.89. The number of benzene rings is 4. The van der Waals surface area contributed by atoms with Crippen LogP contribution in [0.4, 0.5) is 11.4 Å². The number of carbonyl (C=O) groups is 3. The summed E-state index contributed by atoms with van der Waals surface area (Å²) in [5, 5.41) is 3.06. The first kappa shape index (κ1) is 28.9. The second-order valence-electron chi connectivity index (χ2n) is 11.2. The van der Waals surface area contributed by atoms with E-state index in [1.807, 2.05) is 65.6 Å². The van der Waals surface area contributed by atoms with Crippen molar-refractivity contribution >= 4 is 50.9 Å². The number of ether oxygens (including phenoxy) is 3. The molecule has 1 saturated heterocycles. The summed E-state index contributed by atoms with van der Waals surface area (Å²) in [5.41, 5.74) is 2.21. The van der Waals surface area contributed by atoms with Crippen LogP contribution < -0.4 is 24.4 Å². The molecular weight excluding hydrogens is 636 g/mol. The molecule has 0 unspecified atom stereocenters. The van der Waals surface area contributed by atoms with Gasteiger partial charge in [-0.15, -0.1) is 0 Å². The van der Waals surface area contributed by atoms with Gasteiger partial charge in [0.15, 0.2) is 23.1 Å². The van der Waals surface area contributed by atoms with Crippen molar-refractivity contribution in [3.8, 4) is 17.2 Å². The van der Waals surface area contributed by atoms with Crippen molar-refractivity contribution in [2.45, 2.75) is 17.5 Å². The van der Waals surface area contributed by atoms with Gasteiger partial charge in [-0.05, 0) is 47.5 Å². The lowest BCUT2D eigenvalue weighted by Crippen LogP contribution is -2.51. The molecule has 4 aromatic carbocycles. The number of rotatable bonds is 7. The molecule has 0 saturated carbocycles. The Labute approximate surface area is 268 Å². The summed E-state index contributed by atoms with van der Waals surface area (Å²) >= 11 is 3.46. The summed E-state index contributed by atoms with van der Waals surface area (Å²) < 4.78 is 17.5. The zero-order valence-corrected chi connectivity index (χ0v) is 26.3. The lowest BCUT2D eigenvalue weighted by atomic mass is 9.64. The van der Waals surface area contributed by atoms with Crippen LogP contribution in [-0.4, -0.2) is 50.9 Å².